The summed E-state index contributed by atoms with van der Waals surface area (Å²) < 4.78 is 25.3. The Morgan fingerprint density at radius 3 is 2.84 bits per heavy atom. The maximum atomic E-state index is 14.9. The van der Waals surface area contributed by atoms with Crippen LogP contribution in [-0.2, 0) is 9.53 Å². The van der Waals surface area contributed by atoms with E-state index in [1.807, 2.05) is 11.0 Å². The van der Waals surface area contributed by atoms with Crippen molar-refractivity contribution in [3.05, 3.63) is 47.6 Å². The first kappa shape index (κ1) is 21.3. The molecule has 1 aromatic carbocycles. The largest absolute Gasteiger partial charge is 0.442 e. The van der Waals surface area contributed by atoms with Crippen LogP contribution < -0.4 is 20.9 Å². The number of ether oxygens (including phenoxy) is 1. The first-order valence-electron chi connectivity index (χ1n) is 10.0. The molecular weight excluding hydrogens is 421 g/mol. The lowest BCUT2D eigenvalue weighted by Crippen LogP contribution is -2.33. The molecule has 2 aromatic rings. The number of hydrogen-bond acceptors (Lipinski definition) is 7. The monoisotopic (exact) mass is 443 g/mol. The van der Waals surface area contributed by atoms with Crippen molar-refractivity contribution in [2.75, 3.05) is 36.0 Å². The number of cyclic esters (lactones) is 1. The number of carbonyl (C=O) groups is 3. The lowest BCUT2D eigenvalue weighted by atomic mass is 10.0. The van der Waals surface area contributed by atoms with Crippen LogP contribution >= 0.6 is 0 Å². The number of aromatic nitrogens is 1. The number of halogens is 1. The molecule has 2 aliphatic heterocycles. The lowest BCUT2D eigenvalue weighted by Gasteiger charge is -2.28. The van der Waals surface area contributed by atoms with Gasteiger partial charge in [-0.05, 0) is 30.2 Å². The second-order valence-corrected chi connectivity index (χ2v) is 7.55. The number of hydrogen-bond donors (Lipinski definition) is 2. The normalized spacial score (nSPS) is 18.4. The van der Waals surface area contributed by atoms with Gasteiger partial charge in [-0.25, -0.2) is 9.18 Å². The van der Waals surface area contributed by atoms with Gasteiger partial charge in [-0.3, -0.25) is 14.5 Å². The molecule has 0 unspecified atom stereocenters. The van der Waals surface area contributed by atoms with Crippen molar-refractivity contribution in [3.63, 3.8) is 0 Å². The Kier molecular flexibility index (Phi) is 5.80. The van der Waals surface area contributed by atoms with Crippen molar-refractivity contribution < 1.29 is 28.0 Å². The Labute approximate surface area is 182 Å². The van der Waals surface area contributed by atoms with Crippen LogP contribution in [0.1, 0.15) is 29.5 Å². The van der Waals surface area contributed by atoms with Gasteiger partial charge >= 0.3 is 6.09 Å². The Hall–Kier alpha value is -3.89. The minimum Gasteiger partial charge on any atom is -0.442 e. The Morgan fingerprint density at radius 2 is 2.19 bits per heavy atom. The van der Waals surface area contributed by atoms with E-state index in [0.717, 1.165) is 5.57 Å². The van der Waals surface area contributed by atoms with Gasteiger partial charge in [-0.2, -0.15) is 0 Å². The molecule has 0 radical (unpaired) electrons. The third-order valence-electron chi connectivity index (χ3n) is 5.37. The van der Waals surface area contributed by atoms with E-state index in [-0.39, 0.29) is 24.6 Å². The van der Waals surface area contributed by atoms with Crippen molar-refractivity contribution in [2.24, 2.45) is 5.73 Å². The van der Waals surface area contributed by atoms with Gasteiger partial charge in [0, 0.05) is 20.0 Å². The molecule has 32 heavy (non-hydrogen) atoms. The third-order valence-corrected chi connectivity index (χ3v) is 5.37. The summed E-state index contributed by atoms with van der Waals surface area (Å²) >= 11 is 0. The van der Waals surface area contributed by atoms with Crippen LogP contribution in [0.25, 0.3) is 5.57 Å². The first-order chi connectivity index (χ1) is 15.3. The average molecular weight is 443 g/mol. The van der Waals surface area contributed by atoms with Crippen LogP contribution in [0.3, 0.4) is 0 Å². The van der Waals surface area contributed by atoms with E-state index in [1.165, 1.54) is 24.1 Å². The predicted octanol–water partition coefficient (Wildman–Crippen LogP) is 1.67. The zero-order chi connectivity index (χ0) is 22.8. The molecule has 4 rings (SSSR count). The van der Waals surface area contributed by atoms with E-state index in [9.17, 15) is 18.8 Å². The summed E-state index contributed by atoms with van der Waals surface area (Å²) in [7, 11) is 0. The van der Waals surface area contributed by atoms with Crippen LogP contribution in [0.5, 0.6) is 0 Å². The molecule has 10 nitrogen and oxygen atoms in total. The molecule has 0 saturated carbocycles. The van der Waals surface area contributed by atoms with Crippen LogP contribution in [0, 0.1) is 5.82 Å². The highest BCUT2D eigenvalue weighted by atomic mass is 19.1. The van der Waals surface area contributed by atoms with Crippen LogP contribution in [-0.4, -0.2) is 55.3 Å². The van der Waals surface area contributed by atoms with Gasteiger partial charge in [-0.15, -0.1) is 0 Å². The number of nitrogens with two attached hydrogens (primary N) is 1. The molecule has 1 fully saturated rings. The van der Waals surface area contributed by atoms with E-state index >= 15 is 0 Å². The van der Waals surface area contributed by atoms with Gasteiger partial charge in [0.2, 0.25) is 5.91 Å². The van der Waals surface area contributed by atoms with Gasteiger partial charge in [0.05, 0.1) is 30.7 Å². The Bertz CT molecular complexity index is 1100. The number of carbonyl (C=O) groups excluding carboxylic acids is 3. The third kappa shape index (κ3) is 4.27. The molecular formula is C21H22FN5O5. The number of primary amides is 1. The minimum atomic E-state index is -0.619. The quantitative estimate of drug-likeness (QED) is 0.694. The summed E-state index contributed by atoms with van der Waals surface area (Å²) in [5.41, 5.74) is 7.11. The summed E-state index contributed by atoms with van der Waals surface area (Å²) in [5.74, 6) is -0.974. The maximum absolute atomic E-state index is 14.9. The summed E-state index contributed by atoms with van der Waals surface area (Å²) in [6.45, 7) is 2.68. The molecule has 2 aliphatic rings. The molecule has 0 bridgehead atoms. The number of benzene rings is 1. The number of amides is 3. The lowest BCUT2D eigenvalue weighted by molar-refractivity contribution is -0.119. The molecule has 168 valence electrons. The molecule has 11 heteroatoms. The summed E-state index contributed by atoms with van der Waals surface area (Å²) in [5, 5.41) is 6.24. The van der Waals surface area contributed by atoms with E-state index in [2.05, 4.69) is 10.5 Å². The fraction of sp³-hybridized carbons (Fsp3) is 0.333. The van der Waals surface area contributed by atoms with Crippen molar-refractivity contribution in [1.29, 1.82) is 0 Å². The Morgan fingerprint density at radius 1 is 1.38 bits per heavy atom. The van der Waals surface area contributed by atoms with Crippen LogP contribution in [0.2, 0.25) is 0 Å². The molecule has 0 aliphatic carbocycles. The van der Waals surface area contributed by atoms with Crippen LogP contribution in [0.15, 0.2) is 35.0 Å². The van der Waals surface area contributed by atoms with Crippen LogP contribution in [0.4, 0.5) is 20.6 Å². The van der Waals surface area contributed by atoms with Gasteiger partial charge in [0.1, 0.15) is 17.5 Å². The summed E-state index contributed by atoms with van der Waals surface area (Å²) in [4.78, 5) is 37.9. The summed E-state index contributed by atoms with van der Waals surface area (Å²) in [6, 6.07) is 4.56. The van der Waals surface area contributed by atoms with E-state index in [1.54, 1.807) is 12.1 Å². The smallest absolute Gasteiger partial charge is 0.414 e. The average Bonchev–Trinajstić information content (AvgIpc) is 3.39. The fourth-order valence-corrected chi connectivity index (χ4v) is 3.76. The van der Waals surface area contributed by atoms with Crippen molar-refractivity contribution >= 4 is 34.9 Å². The van der Waals surface area contributed by atoms with Crippen molar-refractivity contribution in [3.8, 4) is 0 Å². The van der Waals surface area contributed by atoms with Gasteiger partial charge in [-0.1, -0.05) is 11.2 Å². The fourth-order valence-electron chi connectivity index (χ4n) is 3.76. The molecule has 1 aromatic heterocycles. The minimum absolute atomic E-state index is 0.198. The standard InChI is InChI=1S/C21H22FN5O5/c1-12(28)24-9-15-11-27(21(30)31-15)14-2-3-18(17(22)8-14)26-6-4-13(5-7-26)19-16(20(23)29)10-25-32-19/h2-4,8,10,15H,5-7,9,11H2,1H3,(H2,23,29)(H,24,28)/t15-/m0/s1. The number of nitrogens with one attached hydrogen (secondary N) is 1. The molecule has 1 atom stereocenters. The SMILES string of the molecule is CC(=O)NC[C@H]1CN(c2ccc(N3CC=C(c4oncc4C(N)=O)CC3)c(F)c2)C(=O)O1. The number of anilines is 2. The van der Waals surface area contributed by atoms with E-state index < -0.39 is 23.9 Å². The van der Waals surface area contributed by atoms with Crippen molar-refractivity contribution in [2.45, 2.75) is 19.4 Å². The first-order valence-corrected chi connectivity index (χ1v) is 10.0. The highest BCUT2D eigenvalue weighted by molar-refractivity contribution is 5.96. The zero-order valence-electron chi connectivity index (χ0n) is 17.3. The zero-order valence-corrected chi connectivity index (χ0v) is 17.3. The molecule has 0 spiro atoms. The maximum Gasteiger partial charge on any atom is 0.414 e. The molecule has 3 heterocycles. The van der Waals surface area contributed by atoms with Gasteiger partial charge < -0.3 is 25.2 Å². The number of nitrogens with zero attached hydrogens (tertiary/aromatic N) is 3. The number of rotatable bonds is 6. The summed E-state index contributed by atoms with van der Waals surface area (Å²) in [6.07, 6.45) is 2.55. The molecule has 1 saturated heterocycles. The van der Waals surface area contributed by atoms with Gasteiger partial charge in [0.15, 0.2) is 5.76 Å². The predicted molar refractivity (Wildman–Crippen MR) is 113 cm³/mol. The van der Waals surface area contributed by atoms with E-state index in [4.69, 9.17) is 15.0 Å². The molecule has 3 amide bonds. The Balaban J connectivity index is 1.45. The van der Waals surface area contributed by atoms with Gasteiger partial charge in [0.25, 0.3) is 5.91 Å². The highest BCUT2D eigenvalue weighted by Crippen LogP contribution is 2.31. The second-order valence-electron chi connectivity index (χ2n) is 7.55. The topological polar surface area (TPSA) is 131 Å². The van der Waals surface area contributed by atoms with Crippen molar-refractivity contribution in [1.82, 2.24) is 10.5 Å². The highest BCUT2D eigenvalue weighted by Gasteiger charge is 2.33. The molecule has 3 N–H and O–H groups in total. The second kappa shape index (κ2) is 8.69. The van der Waals surface area contributed by atoms with E-state index in [0.29, 0.717) is 36.6 Å².